The molecule has 154 valence electrons. The van der Waals surface area contributed by atoms with Crippen molar-refractivity contribution in [2.75, 3.05) is 16.0 Å². The summed E-state index contributed by atoms with van der Waals surface area (Å²) < 4.78 is 41.4. The Labute approximate surface area is 169 Å². The normalized spacial score (nSPS) is 10.8. The molecule has 0 saturated heterocycles. The molecule has 3 amide bonds. The number of nitrogens with one attached hydrogen (secondary N) is 3. The second kappa shape index (κ2) is 8.99. The van der Waals surface area contributed by atoms with E-state index >= 15 is 0 Å². The first-order chi connectivity index (χ1) is 14.3. The minimum atomic E-state index is -4.88. The monoisotopic (exact) mass is 415 g/mol. The number of ether oxygens (including phenoxy) is 1. The summed E-state index contributed by atoms with van der Waals surface area (Å²) in [6, 6.07) is 19.5. The minimum Gasteiger partial charge on any atom is -0.404 e. The fraction of sp³-hybridized carbons (Fsp3) is 0.0476. The van der Waals surface area contributed by atoms with Gasteiger partial charge in [0.2, 0.25) is 0 Å². The Morgan fingerprint density at radius 3 is 1.90 bits per heavy atom. The first kappa shape index (κ1) is 20.7. The molecule has 0 aliphatic rings. The van der Waals surface area contributed by atoms with E-state index in [9.17, 15) is 22.8 Å². The summed E-state index contributed by atoms with van der Waals surface area (Å²) in [5.74, 6) is -1.15. The van der Waals surface area contributed by atoms with E-state index in [0.717, 1.165) is 6.07 Å². The molecule has 3 N–H and O–H groups in total. The van der Waals surface area contributed by atoms with Crippen molar-refractivity contribution in [3.05, 3.63) is 84.4 Å². The van der Waals surface area contributed by atoms with Crippen LogP contribution in [0.2, 0.25) is 0 Å². The van der Waals surface area contributed by atoms with Crippen LogP contribution in [0.4, 0.5) is 35.0 Å². The van der Waals surface area contributed by atoms with Crippen molar-refractivity contribution in [3.63, 3.8) is 0 Å². The summed E-state index contributed by atoms with van der Waals surface area (Å²) in [5, 5.41) is 7.64. The van der Waals surface area contributed by atoms with Gasteiger partial charge in [-0.05, 0) is 48.5 Å². The maximum absolute atomic E-state index is 12.5. The Morgan fingerprint density at radius 1 is 0.700 bits per heavy atom. The van der Waals surface area contributed by atoms with Crippen LogP contribution in [-0.2, 0) is 0 Å². The average Bonchev–Trinajstić information content (AvgIpc) is 2.69. The van der Waals surface area contributed by atoms with Crippen LogP contribution in [0.5, 0.6) is 5.75 Å². The van der Waals surface area contributed by atoms with Crippen molar-refractivity contribution >= 4 is 29.0 Å². The molecule has 0 radical (unpaired) electrons. The number of carbonyl (C=O) groups excluding carboxylic acids is 2. The second-order valence-corrected chi connectivity index (χ2v) is 6.02. The number of para-hydroxylation sites is 3. The topological polar surface area (TPSA) is 79.5 Å². The molecule has 0 aliphatic heterocycles. The average molecular weight is 415 g/mol. The van der Waals surface area contributed by atoms with E-state index in [-0.39, 0.29) is 11.3 Å². The van der Waals surface area contributed by atoms with Gasteiger partial charge in [-0.2, -0.15) is 0 Å². The van der Waals surface area contributed by atoms with Crippen molar-refractivity contribution < 1.29 is 27.5 Å². The summed E-state index contributed by atoms with van der Waals surface area (Å²) in [5.41, 5.74) is 1.11. The standard InChI is InChI=1S/C21H16F3N3O3/c22-21(23,24)30-18-9-5-4-8-17(18)27-19(28)14-10-12-16(13-11-14)26-20(29)25-15-6-2-1-3-7-15/h1-13H,(H,27,28)(H2,25,26,29). The number of amides is 3. The Kier molecular flexibility index (Phi) is 6.21. The van der Waals surface area contributed by atoms with Gasteiger partial charge in [-0.1, -0.05) is 30.3 Å². The lowest BCUT2D eigenvalue weighted by molar-refractivity contribution is -0.274. The van der Waals surface area contributed by atoms with Crippen LogP contribution in [0, 0.1) is 0 Å². The van der Waals surface area contributed by atoms with E-state index in [1.165, 1.54) is 42.5 Å². The lowest BCUT2D eigenvalue weighted by Crippen LogP contribution is -2.20. The Hall–Kier alpha value is -4.01. The van der Waals surface area contributed by atoms with Gasteiger partial charge in [0.25, 0.3) is 5.91 Å². The highest BCUT2D eigenvalue weighted by Gasteiger charge is 2.32. The molecule has 0 bridgehead atoms. The highest BCUT2D eigenvalue weighted by molar-refractivity contribution is 6.05. The number of hydrogen-bond acceptors (Lipinski definition) is 3. The van der Waals surface area contributed by atoms with Crippen molar-refractivity contribution in [1.82, 2.24) is 0 Å². The highest BCUT2D eigenvalue weighted by atomic mass is 19.4. The largest absolute Gasteiger partial charge is 0.573 e. The van der Waals surface area contributed by atoms with Crippen LogP contribution < -0.4 is 20.7 Å². The van der Waals surface area contributed by atoms with Crippen LogP contribution in [0.1, 0.15) is 10.4 Å². The van der Waals surface area contributed by atoms with Crippen LogP contribution in [0.15, 0.2) is 78.9 Å². The molecule has 0 unspecified atom stereocenters. The molecule has 3 aromatic rings. The third-order valence-electron chi connectivity index (χ3n) is 3.80. The molecule has 0 spiro atoms. The van der Waals surface area contributed by atoms with Crippen LogP contribution in [0.25, 0.3) is 0 Å². The van der Waals surface area contributed by atoms with E-state index in [4.69, 9.17) is 0 Å². The fourth-order valence-corrected chi connectivity index (χ4v) is 2.50. The molecule has 6 nitrogen and oxygen atoms in total. The lowest BCUT2D eigenvalue weighted by atomic mass is 10.2. The van der Waals surface area contributed by atoms with Gasteiger partial charge in [-0.15, -0.1) is 13.2 Å². The molecule has 9 heteroatoms. The molecule has 3 aromatic carbocycles. The van der Waals surface area contributed by atoms with E-state index in [0.29, 0.717) is 11.4 Å². The van der Waals surface area contributed by atoms with Crippen molar-refractivity contribution in [1.29, 1.82) is 0 Å². The first-order valence-electron chi connectivity index (χ1n) is 8.69. The quantitative estimate of drug-likeness (QED) is 0.516. The highest BCUT2D eigenvalue weighted by Crippen LogP contribution is 2.30. The van der Waals surface area contributed by atoms with Gasteiger partial charge in [-0.25, -0.2) is 4.79 Å². The second-order valence-electron chi connectivity index (χ2n) is 6.02. The van der Waals surface area contributed by atoms with Gasteiger partial charge in [0, 0.05) is 16.9 Å². The van der Waals surface area contributed by atoms with Crippen molar-refractivity contribution in [2.45, 2.75) is 6.36 Å². The first-order valence-corrected chi connectivity index (χ1v) is 8.69. The maximum Gasteiger partial charge on any atom is 0.573 e. The van der Waals surface area contributed by atoms with Crippen LogP contribution in [0.3, 0.4) is 0 Å². The number of benzene rings is 3. The molecule has 3 rings (SSSR count). The molecule has 0 saturated carbocycles. The summed E-state index contributed by atoms with van der Waals surface area (Å²) in [7, 11) is 0. The SMILES string of the molecule is O=C(Nc1ccccc1)Nc1ccc(C(=O)Nc2ccccc2OC(F)(F)F)cc1. The zero-order valence-corrected chi connectivity index (χ0v) is 15.4. The lowest BCUT2D eigenvalue weighted by Gasteiger charge is -2.14. The number of halogens is 3. The van der Waals surface area contributed by atoms with E-state index in [2.05, 4.69) is 20.7 Å². The Morgan fingerprint density at radius 2 is 1.27 bits per heavy atom. The predicted molar refractivity (Wildman–Crippen MR) is 107 cm³/mol. The van der Waals surface area contributed by atoms with E-state index in [1.54, 1.807) is 24.3 Å². The van der Waals surface area contributed by atoms with Gasteiger partial charge < -0.3 is 20.7 Å². The smallest absolute Gasteiger partial charge is 0.404 e. The number of rotatable bonds is 5. The summed E-state index contributed by atoms with van der Waals surface area (Å²) >= 11 is 0. The third-order valence-corrected chi connectivity index (χ3v) is 3.80. The van der Waals surface area contributed by atoms with Gasteiger partial charge in [0.1, 0.15) is 0 Å². The molecule has 30 heavy (non-hydrogen) atoms. The Bertz CT molecular complexity index is 1020. The van der Waals surface area contributed by atoms with Crippen molar-refractivity contribution in [3.8, 4) is 5.75 Å². The van der Waals surface area contributed by atoms with Gasteiger partial charge >= 0.3 is 12.4 Å². The zero-order valence-electron chi connectivity index (χ0n) is 15.4. The molecule has 0 aliphatic carbocycles. The zero-order chi connectivity index (χ0) is 21.6. The van der Waals surface area contributed by atoms with Gasteiger partial charge in [0.15, 0.2) is 5.75 Å². The third kappa shape index (κ3) is 5.99. The maximum atomic E-state index is 12.5. The number of alkyl halides is 3. The van der Waals surface area contributed by atoms with Gasteiger partial charge in [0.05, 0.1) is 5.69 Å². The van der Waals surface area contributed by atoms with Gasteiger partial charge in [-0.3, -0.25) is 4.79 Å². The minimum absolute atomic E-state index is 0.121. The number of hydrogen-bond donors (Lipinski definition) is 3. The Balaban J connectivity index is 1.62. The predicted octanol–water partition coefficient (Wildman–Crippen LogP) is 5.48. The number of anilines is 3. The molecule has 0 heterocycles. The van der Waals surface area contributed by atoms with Crippen molar-refractivity contribution in [2.24, 2.45) is 0 Å². The molecule has 0 aromatic heterocycles. The van der Waals surface area contributed by atoms with Crippen LogP contribution in [-0.4, -0.2) is 18.3 Å². The molecular formula is C21H16F3N3O3. The number of carbonyl (C=O) groups is 2. The van der Waals surface area contributed by atoms with E-state index < -0.39 is 24.1 Å². The molecular weight excluding hydrogens is 399 g/mol. The number of urea groups is 1. The van der Waals surface area contributed by atoms with E-state index in [1.807, 2.05) is 6.07 Å². The fourth-order valence-electron chi connectivity index (χ4n) is 2.50. The summed E-state index contributed by atoms with van der Waals surface area (Å²) in [6.07, 6.45) is -4.88. The molecule has 0 atom stereocenters. The van der Waals surface area contributed by atoms with Crippen LogP contribution >= 0.6 is 0 Å². The molecule has 0 fully saturated rings. The summed E-state index contributed by atoms with van der Waals surface area (Å²) in [4.78, 5) is 24.3. The summed E-state index contributed by atoms with van der Waals surface area (Å²) in [6.45, 7) is 0.